The summed E-state index contributed by atoms with van der Waals surface area (Å²) in [7, 11) is 2.93. The Kier molecular flexibility index (Phi) is 5.55. The van der Waals surface area contributed by atoms with E-state index < -0.39 is 12.0 Å². The summed E-state index contributed by atoms with van der Waals surface area (Å²) in [5, 5.41) is 11.0. The van der Waals surface area contributed by atoms with E-state index in [2.05, 4.69) is 0 Å². The van der Waals surface area contributed by atoms with Gasteiger partial charge in [0.05, 0.1) is 19.1 Å². The molecule has 0 unspecified atom stereocenters. The SMILES string of the molecule is CON(C)C(=O)[C@H](C)[C@@H](O)/C=C/c1ccccc1. The van der Waals surface area contributed by atoms with Gasteiger partial charge in [0.1, 0.15) is 0 Å². The van der Waals surface area contributed by atoms with Gasteiger partial charge in [0.2, 0.25) is 0 Å². The van der Waals surface area contributed by atoms with E-state index in [0.717, 1.165) is 10.6 Å². The van der Waals surface area contributed by atoms with Crippen molar-refractivity contribution in [3.63, 3.8) is 0 Å². The van der Waals surface area contributed by atoms with Gasteiger partial charge in [-0.3, -0.25) is 9.63 Å². The third-order valence-electron chi connectivity index (χ3n) is 2.77. The summed E-state index contributed by atoms with van der Waals surface area (Å²) >= 11 is 0. The summed E-state index contributed by atoms with van der Waals surface area (Å²) in [5.41, 5.74) is 0.983. The Bertz CT molecular complexity index is 403. The van der Waals surface area contributed by atoms with E-state index in [4.69, 9.17) is 4.84 Å². The maximum atomic E-state index is 11.7. The molecule has 1 aromatic rings. The van der Waals surface area contributed by atoms with Gasteiger partial charge in [-0.2, -0.15) is 0 Å². The van der Waals surface area contributed by atoms with Gasteiger partial charge in [-0.1, -0.05) is 49.4 Å². The van der Waals surface area contributed by atoms with Crippen LogP contribution in [0.25, 0.3) is 6.08 Å². The van der Waals surface area contributed by atoms with E-state index in [1.165, 1.54) is 14.2 Å². The highest BCUT2D eigenvalue weighted by molar-refractivity contribution is 5.78. The minimum atomic E-state index is -0.838. The lowest BCUT2D eigenvalue weighted by molar-refractivity contribution is -0.175. The normalized spacial score (nSPS) is 14.4. The summed E-state index contributed by atoms with van der Waals surface area (Å²) in [6, 6.07) is 9.61. The maximum Gasteiger partial charge on any atom is 0.251 e. The fraction of sp³-hybridized carbons (Fsp3) is 0.357. The van der Waals surface area contributed by atoms with Gasteiger partial charge in [0.15, 0.2) is 0 Å². The molecule has 98 valence electrons. The molecule has 2 atom stereocenters. The van der Waals surface area contributed by atoms with Crippen molar-refractivity contribution in [3.8, 4) is 0 Å². The topological polar surface area (TPSA) is 49.8 Å². The maximum absolute atomic E-state index is 11.7. The van der Waals surface area contributed by atoms with Crippen molar-refractivity contribution < 1.29 is 14.7 Å². The first-order valence-electron chi connectivity index (χ1n) is 5.79. The number of hydrogen-bond donors (Lipinski definition) is 1. The molecule has 1 N–H and O–H groups in total. The van der Waals surface area contributed by atoms with Crippen LogP contribution in [-0.2, 0) is 9.63 Å². The molecule has 0 fully saturated rings. The number of hydroxylamine groups is 2. The Labute approximate surface area is 107 Å². The van der Waals surface area contributed by atoms with Crippen molar-refractivity contribution in [3.05, 3.63) is 42.0 Å². The van der Waals surface area contributed by atoms with Crippen LogP contribution in [0.2, 0.25) is 0 Å². The van der Waals surface area contributed by atoms with Crippen LogP contribution in [0.5, 0.6) is 0 Å². The number of amides is 1. The third kappa shape index (κ3) is 3.98. The molecule has 1 aromatic carbocycles. The standard InChI is InChI=1S/C14H19NO3/c1-11(14(17)15(2)18-3)13(16)10-9-12-7-5-4-6-8-12/h4-11,13,16H,1-3H3/b10-9+/t11-,13+/m1/s1. The van der Waals surface area contributed by atoms with E-state index in [9.17, 15) is 9.90 Å². The zero-order chi connectivity index (χ0) is 13.5. The molecule has 0 aliphatic rings. The highest BCUT2D eigenvalue weighted by Crippen LogP contribution is 2.10. The number of benzene rings is 1. The predicted octanol–water partition coefficient (Wildman–Crippen LogP) is 1.72. The third-order valence-corrected chi connectivity index (χ3v) is 2.77. The molecule has 0 heterocycles. The van der Waals surface area contributed by atoms with Crippen LogP contribution in [0, 0.1) is 5.92 Å². The van der Waals surface area contributed by atoms with Gasteiger partial charge in [0, 0.05) is 7.05 Å². The van der Waals surface area contributed by atoms with Crippen LogP contribution in [0.1, 0.15) is 12.5 Å². The van der Waals surface area contributed by atoms with E-state index >= 15 is 0 Å². The van der Waals surface area contributed by atoms with Crippen molar-refractivity contribution in [2.45, 2.75) is 13.0 Å². The van der Waals surface area contributed by atoms with E-state index in [0.29, 0.717) is 0 Å². The number of hydrogen-bond acceptors (Lipinski definition) is 3. The largest absolute Gasteiger partial charge is 0.388 e. The van der Waals surface area contributed by atoms with Crippen molar-refractivity contribution in [1.29, 1.82) is 0 Å². The Hall–Kier alpha value is -1.65. The number of aliphatic hydroxyl groups is 1. The van der Waals surface area contributed by atoms with Gasteiger partial charge < -0.3 is 5.11 Å². The Balaban J connectivity index is 2.62. The fourth-order valence-electron chi connectivity index (χ4n) is 1.46. The van der Waals surface area contributed by atoms with Gasteiger partial charge >= 0.3 is 0 Å². The van der Waals surface area contributed by atoms with Crippen LogP contribution in [0.4, 0.5) is 0 Å². The predicted molar refractivity (Wildman–Crippen MR) is 70.4 cm³/mol. The fourth-order valence-corrected chi connectivity index (χ4v) is 1.46. The van der Waals surface area contributed by atoms with Crippen LogP contribution < -0.4 is 0 Å². The first-order chi connectivity index (χ1) is 8.56. The number of nitrogens with zero attached hydrogens (tertiary/aromatic N) is 1. The lowest BCUT2D eigenvalue weighted by Crippen LogP contribution is -2.36. The molecular formula is C14H19NO3. The molecule has 1 amide bonds. The first kappa shape index (κ1) is 14.4. The average molecular weight is 249 g/mol. The number of rotatable bonds is 5. The molecule has 0 aliphatic carbocycles. The first-order valence-corrected chi connectivity index (χ1v) is 5.79. The molecule has 0 saturated carbocycles. The molecule has 0 spiro atoms. The molecule has 0 bridgehead atoms. The molecule has 0 aromatic heterocycles. The minimum absolute atomic E-state index is 0.261. The quantitative estimate of drug-likeness (QED) is 0.808. The summed E-state index contributed by atoms with van der Waals surface area (Å²) in [6.45, 7) is 1.66. The molecule has 0 aliphatic heterocycles. The van der Waals surface area contributed by atoms with Crippen LogP contribution >= 0.6 is 0 Å². The summed E-state index contributed by atoms with van der Waals surface area (Å²) in [6.07, 6.45) is 2.57. The van der Waals surface area contributed by atoms with Crippen LogP contribution in [0.3, 0.4) is 0 Å². The van der Waals surface area contributed by atoms with Crippen molar-refractivity contribution in [1.82, 2.24) is 5.06 Å². The highest BCUT2D eigenvalue weighted by Gasteiger charge is 2.23. The van der Waals surface area contributed by atoms with Crippen LogP contribution in [-0.4, -0.2) is 36.3 Å². The molecule has 1 rings (SSSR count). The van der Waals surface area contributed by atoms with Crippen molar-refractivity contribution in [2.24, 2.45) is 5.92 Å². The van der Waals surface area contributed by atoms with Crippen LogP contribution in [0.15, 0.2) is 36.4 Å². The Morgan fingerprint density at radius 3 is 2.56 bits per heavy atom. The molecule has 18 heavy (non-hydrogen) atoms. The lowest BCUT2D eigenvalue weighted by Gasteiger charge is -2.20. The Morgan fingerprint density at radius 2 is 2.00 bits per heavy atom. The molecule has 4 heteroatoms. The summed E-state index contributed by atoms with van der Waals surface area (Å²) in [5.74, 6) is -0.808. The van der Waals surface area contributed by atoms with Gasteiger partial charge in [-0.05, 0) is 5.56 Å². The zero-order valence-electron chi connectivity index (χ0n) is 10.9. The summed E-state index contributed by atoms with van der Waals surface area (Å²) in [4.78, 5) is 16.5. The molecular weight excluding hydrogens is 230 g/mol. The minimum Gasteiger partial charge on any atom is -0.388 e. The second-order valence-electron chi connectivity index (χ2n) is 4.07. The highest BCUT2D eigenvalue weighted by atomic mass is 16.7. The van der Waals surface area contributed by atoms with E-state index in [1.807, 2.05) is 30.3 Å². The summed E-state index contributed by atoms with van der Waals surface area (Å²) < 4.78 is 0. The monoisotopic (exact) mass is 249 g/mol. The number of carbonyl (C=O) groups excluding carboxylic acids is 1. The van der Waals surface area contributed by atoms with Crippen molar-refractivity contribution >= 4 is 12.0 Å². The molecule has 4 nitrogen and oxygen atoms in total. The van der Waals surface area contributed by atoms with Gasteiger partial charge in [-0.25, -0.2) is 5.06 Å². The van der Waals surface area contributed by atoms with E-state index in [1.54, 1.807) is 19.1 Å². The Morgan fingerprint density at radius 1 is 1.39 bits per heavy atom. The van der Waals surface area contributed by atoms with Gasteiger partial charge in [-0.15, -0.1) is 0 Å². The number of carbonyl (C=O) groups is 1. The molecule has 0 saturated heterocycles. The second kappa shape index (κ2) is 6.93. The van der Waals surface area contributed by atoms with E-state index in [-0.39, 0.29) is 5.91 Å². The van der Waals surface area contributed by atoms with Crippen molar-refractivity contribution in [2.75, 3.05) is 14.2 Å². The average Bonchev–Trinajstić information content (AvgIpc) is 2.43. The van der Waals surface area contributed by atoms with Gasteiger partial charge in [0.25, 0.3) is 5.91 Å². The second-order valence-corrected chi connectivity index (χ2v) is 4.07. The smallest absolute Gasteiger partial charge is 0.251 e. The lowest BCUT2D eigenvalue weighted by atomic mass is 10.0. The molecule has 0 radical (unpaired) electrons. The zero-order valence-corrected chi connectivity index (χ0v) is 10.9. The number of aliphatic hydroxyl groups excluding tert-OH is 1.